The van der Waals surface area contributed by atoms with Crippen LogP contribution in [0.1, 0.15) is 0 Å². The molecule has 1 heteroatoms. The van der Waals surface area contributed by atoms with Gasteiger partial charge in [0.1, 0.15) is 0 Å². The molecule has 1 nitrogen and oxygen atoms in total. The molecule has 0 heterocycles. The highest BCUT2D eigenvalue weighted by Gasteiger charge is 2.10. The van der Waals surface area contributed by atoms with Crippen LogP contribution < -0.4 is 5.43 Å². The third-order valence-electron chi connectivity index (χ3n) is 3.61. The molecule has 0 spiro atoms. The van der Waals surface area contributed by atoms with Crippen molar-refractivity contribution in [1.82, 2.24) is 0 Å². The fourth-order valence-corrected chi connectivity index (χ4v) is 2.80. The second-order valence-electron chi connectivity index (χ2n) is 4.58. The summed E-state index contributed by atoms with van der Waals surface area (Å²) in [5.41, 5.74) is 0.138. The number of fused-ring (bicyclic) bond motifs is 2. The Morgan fingerprint density at radius 3 is 2.06 bits per heavy atom. The minimum atomic E-state index is 0.138. The summed E-state index contributed by atoms with van der Waals surface area (Å²) in [6.07, 6.45) is 0. The molecule has 0 saturated heterocycles. The van der Waals surface area contributed by atoms with Crippen LogP contribution in [0.2, 0.25) is 0 Å². The predicted molar refractivity (Wildman–Crippen MR) is 76.4 cm³/mol. The van der Waals surface area contributed by atoms with Crippen LogP contribution in [0, 0.1) is 0 Å². The molecule has 4 aromatic carbocycles. The molecule has 0 aliphatic heterocycles. The van der Waals surface area contributed by atoms with Crippen molar-refractivity contribution in [2.75, 3.05) is 0 Å². The maximum absolute atomic E-state index is 12.5. The summed E-state index contributed by atoms with van der Waals surface area (Å²) < 4.78 is 0. The molecular weight excluding hydrogens is 220 g/mol. The van der Waals surface area contributed by atoms with Gasteiger partial charge >= 0.3 is 0 Å². The van der Waals surface area contributed by atoms with Crippen molar-refractivity contribution in [2.24, 2.45) is 0 Å². The lowest BCUT2D eigenvalue weighted by atomic mass is 10.0. The van der Waals surface area contributed by atoms with Gasteiger partial charge in [0, 0.05) is 16.2 Å². The maximum atomic E-state index is 12.5. The van der Waals surface area contributed by atoms with E-state index in [4.69, 9.17) is 0 Å². The molecule has 0 fully saturated rings. The highest BCUT2D eigenvalue weighted by Crippen LogP contribution is 2.30. The van der Waals surface area contributed by atoms with E-state index in [0.717, 1.165) is 32.3 Å². The van der Waals surface area contributed by atoms with Crippen LogP contribution in [-0.4, -0.2) is 0 Å². The van der Waals surface area contributed by atoms with Crippen LogP contribution in [0.15, 0.2) is 65.5 Å². The molecule has 0 aliphatic carbocycles. The Morgan fingerprint density at radius 1 is 0.556 bits per heavy atom. The Morgan fingerprint density at radius 2 is 1.22 bits per heavy atom. The van der Waals surface area contributed by atoms with Crippen molar-refractivity contribution in [3.05, 3.63) is 70.9 Å². The van der Waals surface area contributed by atoms with E-state index in [-0.39, 0.29) is 5.43 Å². The molecule has 4 rings (SSSR count). The van der Waals surface area contributed by atoms with E-state index in [1.54, 1.807) is 0 Å². The van der Waals surface area contributed by atoms with Crippen molar-refractivity contribution in [1.29, 1.82) is 0 Å². The first-order valence-electron chi connectivity index (χ1n) is 6.02. The molecule has 4 aromatic rings. The van der Waals surface area contributed by atoms with Gasteiger partial charge in [0.2, 0.25) is 0 Å². The third-order valence-corrected chi connectivity index (χ3v) is 3.61. The van der Waals surface area contributed by atoms with Crippen molar-refractivity contribution >= 4 is 32.3 Å². The highest BCUT2D eigenvalue weighted by atomic mass is 16.1. The molecule has 0 atom stereocenters. The molecule has 0 bridgehead atoms. The Balaban J connectivity index is 2.54. The van der Waals surface area contributed by atoms with E-state index < -0.39 is 0 Å². The average Bonchev–Trinajstić information content (AvgIpc) is 2.71. The molecule has 0 radical (unpaired) electrons. The summed E-state index contributed by atoms with van der Waals surface area (Å²) in [5, 5.41) is 6.06. The van der Waals surface area contributed by atoms with Crippen LogP contribution in [-0.2, 0) is 0 Å². The molecule has 0 aliphatic rings. The summed E-state index contributed by atoms with van der Waals surface area (Å²) in [6.45, 7) is 0. The highest BCUT2D eigenvalue weighted by molar-refractivity contribution is 6.21. The zero-order valence-corrected chi connectivity index (χ0v) is 9.68. The van der Waals surface area contributed by atoms with Gasteiger partial charge in [-0.1, -0.05) is 54.6 Å². The van der Waals surface area contributed by atoms with Crippen LogP contribution in [0.5, 0.6) is 0 Å². The average molecular weight is 230 g/mol. The molecule has 0 aromatic heterocycles. The summed E-state index contributed by atoms with van der Waals surface area (Å²) in [4.78, 5) is 12.5. The molecule has 84 valence electrons. The Bertz CT molecular complexity index is 938. The zero-order chi connectivity index (χ0) is 12.1. The van der Waals surface area contributed by atoms with Gasteiger partial charge in [-0.3, -0.25) is 4.79 Å². The standard InChI is InChI=1S/C17H10O/c18-17-14-8-4-3-6-12(14)13-7-2-1-5-11-9-10-15(17)16(11)13/h1-10H. The van der Waals surface area contributed by atoms with Crippen molar-refractivity contribution in [3.8, 4) is 0 Å². The first kappa shape index (κ1) is 9.60. The van der Waals surface area contributed by atoms with Gasteiger partial charge in [-0.05, 0) is 22.2 Å². The lowest BCUT2D eigenvalue weighted by Crippen LogP contribution is -2.00. The summed E-state index contributed by atoms with van der Waals surface area (Å²) in [6, 6.07) is 20.0. The largest absolute Gasteiger partial charge is 0.289 e. The second-order valence-corrected chi connectivity index (χ2v) is 4.58. The quantitative estimate of drug-likeness (QED) is 0.447. The van der Waals surface area contributed by atoms with Gasteiger partial charge in [0.05, 0.1) is 0 Å². The van der Waals surface area contributed by atoms with E-state index in [1.165, 1.54) is 0 Å². The molecular formula is C17H10O. The van der Waals surface area contributed by atoms with Crippen molar-refractivity contribution < 1.29 is 0 Å². The minimum Gasteiger partial charge on any atom is -0.289 e. The van der Waals surface area contributed by atoms with Crippen molar-refractivity contribution in [3.63, 3.8) is 0 Å². The van der Waals surface area contributed by atoms with E-state index in [0.29, 0.717) is 0 Å². The second kappa shape index (κ2) is 3.30. The van der Waals surface area contributed by atoms with E-state index >= 15 is 0 Å². The van der Waals surface area contributed by atoms with Gasteiger partial charge < -0.3 is 0 Å². The van der Waals surface area contributed by atoms with Gasteiger partial charge in [-0.2, -0.15) is 0 Å². The van der Waals surface area contributed by atoms with E-state index in [2.05, 4.69) is 12.1 Å². The summed E-state index contributed by atoms with van der Waals surface area (Å²) >= 11 is 0. The monoisotopic (exact) mass is 230 g/mol. The zero-order valence-electron chi connectivity index (χ0n) is 9.68. The first-order valence-corrected chi connectivity index (χ1v) is 6.02. The smallest absolute Gasteiger partial charge is 0.194 e. The predicted octanol–water partition coefficient (Wildman–Crippen LogP) is 3.94. The van der Waals surface area contributed by atoms with Gasteiger partial charge in [0.15, 0.2) is 5.43 Å². The molecule has 0 saturated carbocycles. The van der Waals surface area contributed by atoms with E-state index in [1.807, 2.05) is 48.5 Å². The van der Waals surface area contributed by atoms with Crippen LogP contribution in [0.4, 0.5) is 0 Å². The topological polar surface area (TPSA) is 17.1 Å². The Hall–Kier alpha value is -2.41. The van der Waals surface area contributed by atoms with Crippen LogP contribution in [0.25, 0.3) is 32.3 Å². The molecule has 0 unspecified atom stereocenters. The molecule has 18 heavy (non-hydrogen) atoms. The van der Waals surface area contributed by atoms with Gasteiger partial charge in [0.25, 0.3) is 0 Å². The molecule has 0 amide bonds. The lowest BCUT2D eigenvalue weighted by molar-refractivity contribution is 1.76. The fraction of sp³-hybridized carbons (Fsp3) is 0. The van der Waals surface area contributed by atoms with Crippen LogP contribution >= 0.6 is 0 Å². The number of rotatable bonds is 0. The lowest BCUT2D eigenvalue weighted by Gasteiger charge is -2.01. The van der Waals surface area contributed by atoms with Crippen molar-refractivity contribution in [2.45, 2.75) is 0 Å². The first-order chi connectivity index (χ1) is 8.86. The van der Waals surface area contributed by atoms with Gasteiger partial charge in [-0.25, -0.2) is 0 Å². The SMILES string of the molecule is O=c1c2ccccc2c2ccccc3ccc1c32. The normalized spacial score (nSPS) is 11.6. The van der Waals surface area contributed by atoms with Gasteiger partial charge in [-0.15, -0.1) is 0 Å². The maximum Gasteiger partial charge on any atom is 0.194 e. The third kappa shape index (κ3) is 1.08. The van der Waals surface area contributed by atoms with Crippen LogP contribution in [0.3, 0.4) is 0 Å². The number of benzene rings is 2. The Labute approximate surface area is 104 Å². The summed E-state index contributed by atoms with van der Waals surface area (Å²) in [7, 11) is 0. The number of hydrogen-bond donors (Lipinski definition) is 0. The number of hydrogen-bond acceptors (Lipinski definition) is 1. The fourth-order valence-electron chi connectivity index (χ4n) is 2.80. The van der Waals surface area contributed by atoms with E-state index in [9.17, 15) is 4.79 Å². The molecule has 0 N–H and O–H groups in total. The Kier molecular flexibility index (Phi) is 1.76. The summed E-state index contributed by atoms with van der Waals surface area (Å²) in [5.74, 6) is 0. The minimum absolute atomic E-state index is 0.138.